The van der Waals surface area contributed by atoms with E-state index < -0.39 is 11.5 Å². The van der Waals surface area contributed by atoms with E-state index in [1.165, 1.54) is 0 Å². The third kappa shape index (κ3) is 7.35. The van der Waals surface area contributed by atoms with Gasteiger partial charge in [0.05, 0.1) is 19.0 Å². The fourth-order valence-corrected chi connectivity index (χ4v) is 6.04. The van der Waals surface area contributed by atoms with E-state index in [9.17, 15) is 19.2 Å². The Labute approximate surface area is 286 Å². The lowest BCUT2D eigenvalue weighted by atomic mass is 10.1. The van der Waals surface area contributed by atoms with Gasteiger partial charge in [0.15, 0.2) is 0 Å². The van der Waals surface area contributed by atoms with E-state index >= 15 is 0 Å². The highest BCUT2D eigenvalue weighted by molar-refractivity contribution is 14.1. The van der Waals surface area contributed by atoms with Crippen molar-refractivity contribution in [3.05, 3.63) is 103 Å². The first-order valence-electron chi connectivity index (χ1n) is 15.5. The second-order valence-corrected chi connectivity index (χ2v) is 12.3. The Morgan fingerprint density at radius 2 is 1.66 bits per heavy atom. The molecule has 244 valence electrons. The van der Waals surface area contributed by atoms with E-state index in [0.717, 1.165) is 33.3 Å². The highest BCUT2D eigenvalue weighted by atomic mass is 127. The van der Waals surface area contributed by atoms with Gasteiger partial charge in [0.25, 0.3) is 11.8 Å². The molecular formula is C36H37IN4O6. The molecule has 0 radical (unpaired) electrons. The molecule has 0 aliphatic carbocycles. The highest BCUT2D eigenvalue weighted by Crippen LogP contribution is 2.31. The molecule has 10 nitrogen and oxygen atoms in total. The molecule has 3 aromatic carbocycles. The summed E-state index contributed by atoms with van der Waals surface area (Å²) in [4.78, 5) is 54.2. The Morgan fingerprint density at radius 1 is 0.936 bits per heavy atom. The number of ether oxygens (including phenoxy) is 1. The molecular weight excluding hydrogens is 711 g/mol. The molecule has 0 spiro atoms. The topological polar surface area (TPSA) is 123 Å². The Hall–Kier alpha value is -4.65. The second-order valence-electron chi connectivity index (χ2n) is 11.1. The van der Waals surface area contributed by atoms with Gasteiger partial charge in [0.1, 0.15) is 16.9 Å². The summed E-state index contributed by atoms with van der Waals surface area (Å²) >= 11 is 2.20. The molecule has 5 aromatic rings. The summed E-state index contributed by atoms with van der Waals surface area (Å²) in [5.74, 6) is -0.308. The molecule has 2 N–H and O–H groups in total. The van der Waals surface area contributed by atoms with Crippen LogP contribution in [0.3, 0.4) is 0 Å². The lowest BCUT2D eigenvalue weighted by Gasteiger charge is -2.21. The number of aromatic nitrogens is 1. The first-order valence-corrected chi connectivity index (χ1v) is 16.6. The smallest absolute Gasteiger partial charge is 0.349 e. The van der Waals surface area contributed by atoms with Crippen LogP contribution < -0.4 is 25.9 Å². The first-order chi connectivity index (χ1) is 22.6. The quantitative estimate of drug-likeness (QED) is 0.0957. The number of amides is 2. The van der Waals surface area contributed by atoms with Gasteiger partial charge in [-0.3, -0.25) is 19.0 Å². The summed E-state index contributed by atoms with van der Waals surface area (Å²) in [5.41, 5.74) is 3.25. The summed E-state index contributed by atoms with van der Waals surface area (Å²) in [6.07, 6.45) is 0.506. The van der Waals surface area contributed by atoms with Crippen molar-refractivity contribution in [1.29, 1.82) is 0 Å². The van der Waals surface area contributed by atoms with Gasteiger partial charge in [-0.1, -0.05) is 0 Å². The average Bonchev–Trinajstić information content (AvgIpc) is 3.34. The van der Waals surface area contributed by atoms with Crippen molar-refractivity contribution in [2.45, 2.75) is 33.6 Å². The Kier molecular flexibility index (Phi) is 10.6. The number of hydrogen-bond acceptors (Lipinski definition) is 7. The Morgan fingerprint density at radius 3 is 2.36 bits per heavy atom. The summed E-state index contributed by atoms with van der Waals surface area (Å²) < 4.78 is 13.6. The minimum atomic E-state index is -0.702. The number of benzene rings is 3. The van der Waals surface area contributed by atoms with Crippen molar-refractivity contribution < 1.29 is 23.5 Å². The molecule has 5 rings (SSSR count). The van der Waals surface area contributed by atoms with Gasteiger partial charge in [-0.15, -0.1) is 0 Å². The number of methoxy groups -OCH3 is 1. The van der Waals surface area contributed by atoms with Gasteiger partial charge >= 0.3 is 5.63 Å². The predicted octanol–water partition coefficient (Wildman–Crippen LogP) is 5.68. The number of fused-ring (bicyclic) bond motifs is 2. The molecule has 11 heteroatoms. The highest BCUT2D eigenvalue weighted by Gasteiger charge is 2.22. The molecule has 0 saturated carbocycles. The number of carbonyl (C=O) groups excluding carboxylic acids is 3. The number of hydrogen-bond donors (Lipinski definition) is 2. The van der Waals surface area contributed by atoms with Crippen molar-refractivity contribution in [2.24, 2.45) is 0 Å². The zero-order valence-corrected chi connectivity index (χ0v) is 29.0. The van der Waals surface area contributed by atoms with Crippen LogP contribution in [-0.2, 0) is 11.2 Å². The third-order valence-corrected chi connectivity index (χ3v) is 8.95. The SMILES string of the molecule is CCN(CC)c1ccc2cc(C(=O)NCCCNC(=O)Cc3c(C)n(C(=O)c4ccc(I)cc4)c4ccc(OC)cc34)c(=O)oc2c1. The lowest BCUT2D eigenvalue weighted by molar-refractivity contribution is -0.120. The molecule has 0 unspecified atom stereocenters. The van der Waals surface area contributed by atoms with Crippen LogP contribution in [0.2, 0.25) is 0 Å². The molecule has 0 bridgehead atoms. The fraction of sp³-hybridized carbons (Fsp3) is 0.278. The lowest BCUT2D eigenvalue weighted by Crippen LogP contribution is -2.32. The van der Waals surface area contributed by atoms with E-state index in [0.29, 0.717) is 46.5 Å². The van der Waals surface area contributed by atoms with E-state index in [1.54, 1.807) is 35.9 Å². The molecule has 2 amide bonds. The standard InChI is InChI=1S/C36H37IN4O6/c1-5-40(6-2)26-13-10-24-18-30(36(45)47-32(24)19-26)34(43)39-17-7-16-38-33(42)21-28-22(3)41(31-15-14-27(46-4)20-29(28)31)35(44)23-8-11-25(37)12-9-23/h8-15,18-20H,5-7,16-17,21H2,1-4H3,(H,38,42)(H,39,43). The van der Waals surface area contributed by atoms with Crippen LogP contribution in [0.25, 0.3) is 21.9 Å². The maximum absolute atomic E-state index is 13.6. The van der Waals surface area contributed by atoms with Crippen LogP contribution in [-0.4, -0.2) is 55.6 Å². The number of anilines is 1. The summed E-state index contributed by atoms with van der Waals surface area (Å²) in [6.45, 7) is 8.14. The number of carbonyl (C=O) groups is 3. The molecule has 2 heterocycles. The number of nitrogens with zero attached hydrogens (tertiary/aromatic N) is 2. The fourth-order valence-electron chi connectivity index (χ4n) is 5.68. The van der Waals surface area contributed by atoms with Crippen LogP contribution >= 0.6 is 22.6 Å². The second kappa shape index (κ2) is 14.8. The minimum absolute atomic E-state index is 0.0585. The van der Waals surface area contributed by atoms with Crippen LogP contribution in [0.5, 0.6) is 5.75 Å². The van der Waals surface area contributed by atoms with E-state index in [-0.39, 0.29) is 30.3 Å². The van der Waals surface area contributed by atoms with Crippen molar-refractivity contribution in [2.75, 3.05) is 38.2 Å². The monoisotopic (exact) mass is 748 g/mol. The van der Waals surface area contributed by atoms with Crippen LogP contribution in [0, 0.1) is 10.5 Å². The zero-order valence-electron chi connectivity index (χ0n) is 26.8. The van der Waals surface area contributed by atoms with E-state index in [1.807, 2.05) is 49.4 Å². The molecule has 0 atom stereocenters. The minimum Gasteiger partial charge on any atom is -0.497 e. The average molecular weight is 749 g/mol. The van der Waals surface area contributed by atoms with Crippen molar-refractivity contribution in [1.82, 2.24) is 15.2 Å². The predicted molar refractivity (Wildman–Crippen MR) is 192 cm³/mol. The zero-order chi connectivity index (χ0) is 33.7. The number of nitrogens with one attached hydrogen (secondary N) is 2. The maximum atomic E-state index is 13.6. The van der Waals surface area contributed by atoms with Gasteiger partial charge in [-0.2, -0.15) is 0 Å². The summed E-state index contributed by atoms with van der Waals surface area (Å²) in [5, 5.41) is 7.07. The normalized spacial score (nSPS) is 11.1. The molecule has 0 saturated heterocycles. The van der Waals surface area contributed by atoms with Gasteiger partial charge in [0, 0.05) is 63.5 Å². The van der Waals surface area contributed by atoms with Crippen LogP contribution in [0.4, 0.5) is 5.69 Å². The molecule has 2 aromatic heterocycles. The largest absolute Gasteiger partial charge is 0.497 e. The van der Waals surface area contributed by atoms with Gasteiger partial charge in [0.2, 0.25) is 5.91 Å². The van der Waals surface area contributed by atoms with Crippen molar-refractivity contribution in [3.8, 4) is 5.75 Å². The van der Waals surface area contributed by atoms with E-state index in [4.69, 9.17) is 9.15 Å². The molecule has 0 fully saturated rings. The van der Waals surface area contributed by atoms with Crippen molar-refractivity contribution >= 4 is 67.9 Å². The summed E-state index contributed by atoms with van der Waals surface area (Å²) in [7, 11) is 1.57. The van der Waals surface area contributed by atoms with Crippen LogP contribution in [0.1, 0.15) is 52.2 Å². The summed E-state index contributed by atoms with van der Waals surface area (Å²) in [6, 6.07) is 19.9. The molecule has 0 aliphatic heterocycles. The van der Waals surface area contributed by atoms with Gasteiger partial charge < -0.3 is 24.7 Å². The van der Waals surface area contributed by atoms with Crippen molar-refractivity contribution in [3.63, 3.8) is 0 Å². The van der Waals surface area contributed by atoms with Gasteiger partial charge in [-0.05, 0) is 116 Å². The number of rotatable bonds is 12. The maximum Gasteiger partial charge on any atom is 0.349 e. The van der Waals surface area contributed by atoms with Gasteiger partial charge in [-0.25, -0.2) is 4.79 Å². The first kappa shape index (κ1) is 33.7. The Balaban J connectivity index is 1.21. The van der Waals surface area contributed by atoms with E-state index in [2.05, 4.69) is 52.0 Å². The van der Waals surface area contributed by atoms with Crippen LogP contribution in [0.15, 0.2) is 75.9 Å². The number of halogens is 1. The Bertz CT molecular complexity index is 2010. The molecule has 47 heavy (non-hydrogen) atoms. The third-order valence-electron chi connectivity index (χ3n) is 8.23. The molecule has 0 aliphatic rings.